The van der Waals surface area contributed by atoms with E-state index in [1.807, 2.05) is 61.7 Å². The number of hydrogen-bond donors (Lipinski definition) is 7. The van der Waals surface area contributed by atoms with Crippen LogP contribution in [0.1, 0.15) is 38.3 Å². The summed E-state index contributed by atoms with van der Waals surface area (Å²) in [5.74, 6) is -3.22. The van der Waals surface area contributed by atoms with Gasteiger partial charge in [0.1, 0.15) is 18.1 Å². The molecule has 0 aliphatic heterocycles. The highest BCUT2D eigenvalue weighted by molar-refractivity contribution is 5.95. The van der Waals surface area contributed by atoms with Gasteiger partial charge in [0.15, 0.2) is 0 Å². The highest BCUT2D eigenvalue weighted by Crippen LogP contribution is 2.20. The van der Waals surface area contributed by atoms with E-state index in [1.54, 1.807) is 13.1 Å². The third kappa shape index (κ3) is 6.98. The molecule has 222 valence electrons. The van der Waals surface area contributed by atoms with Crippen molar-refractivity contribution in [1.29, 1.82) is 0 Å². The molecule has 11 nitrogen and oxygen atoms in total. The second kappa shape index (κ2) is 13.3. The molecule has 5 atom stereocenters. The van der Waals surface area contributed by atoms with E-state index in [0.29, 0.717) is 6.42 Å². The third-order valence-electron chi connectivity index (χ3n) is 7.71. The second-order valence-corrected chi connectivity index (χ2v) is 10.7. The minimum atomic E-state index is -1.15. The number of rotatable bonds is 13. The van der Waals surface area contributed by atoms with Crippen LogP contribution in [-0.4, -0.2) is 62.9 Å². The van der Waals surface area contributed by atoms with Crippen LogP contribution in [0.3, 0.4) is 0 Å². The molecule has 0 aliphatic rings. The van der Waals surface area contributed by atoms with E-state index in [4.69, 9.17) is 5.73 Å². The fourth-order valence-corrected chi connectivity index (χ4v) is 4.98. The molecule has 0 saturated carbocycles. The number of hydrogen-bond acceptors (Lipinski definition) is 5. The highest BCUT2D eigenvalue weighted by Gasteiger charge is 2.31. The van der Waals surface area contributed by atoms with Crippen molar-refractivity contribution in [2.45, 2.75) is 64.2 Å². The summed E-state index contributed by atoms with van der Waals surface area (Å²) in [5, 5.41) is 19.5. The number of aliphatic carboxylic acids is 1. The molecule has 0 bridgehead atoms. The molecule has 0 radical (unpaired) electrons. The number of H-pyrrole nitrogens is 2. The van der Waals surface area contributed by atoms with Crippen LogP contribution in [-0.2, 0) is 32.0 Å². The lowest BCUT2D eigenvalue weighted by atomic mass is 9.98. The molecule has 2 heterocycles. The monoisotopic (exact) mass is 574 g/mol. The number of fused-ring (bicyclic) bond motifs is 2. The fourth-order valence-electron chi connectivity index (χ4n) is 4.98. The summed E-state index contributed by atoms with van der Waals surface area (Å²) in [6, 6.07) is 11.1. The predicted octanol–water partition coefficient (Wildman–Crippen LogP) is 2.37. The first-order valence-electron chi connectivity index (χ1n) is 14.1. The highest BCUT2D eigenvalue weighted by atomic mass is 16.4. The van der Waals surface area contributed by atoms with Gasteiger partial charge in [-0.25, -0.2) is 4.79 Å². The first kappa shape index (κ1) is 30.3. The van der Waals surface area contributed by atoms with Crippen molar-refractivity contribution in [2.24, 2.45) is 11.7 Å². The van der Waals surface area contributed by atoms with Crippen molar-refractivity contribution < 1.29 is 24.3 Å². The average molecular weight is 575 g/mol. The van der Waals surface area contributed by atoms with E-state index in [9.17, 15) is 24.3 Å². The van der Waals surface area contributed by atoms with Gasteiger partial charge in [0, 0.05) is 40.6 Å². The molecule has 2 aromatic carbocycles. The summed E-state index contributed by atoms with van der Waals surface area (Å²) >= 11 is 0. The number of amides is 3. The SMILES string of the molecule is CCC(C)C(NC(=O)C(Cc1c[nH]c2ccccc12)NC(=O)C(C)NC(=O)C(N)Cc1c[nH]c2ccccc12)C(=O)O. The Balaban J connectivity index is 1.46. The Morgan fingerprint density at radius 1 is 0.786 bits per heavy atom. The lowest BCUT2D eigenvalue weighted by Crippen LogP contribution is -2.57. The topological polar surface area (TPSA) is 182 Å². The molecule has 3 amide bonds. The number of carboxylic acid groups (broad SMARTS) is 1. The number of carbonyl (C=O) groups is 4. The molecule has 8 N–H and O–H groups in total. The van der Waals surface area contributed by atoms with Crippen LogP contribution in [0.5, 0.6) is 0 Å². The summed E-state index contributed by atoms with van der Waals surface area (Å²) in [6.45, 7) is 5.08. The number of aromatic amines is 2. The van der Waals surface area contributed by atoms with Gasteiger partial charge < -0.3 is 36.8 Å². The lowest BCUT2D eigenvalue weighted by molar-refractivity contribution is -0.143. The van der Waals surface area contributed by atoms with Crippen molar-refractivity contribution in [3.63, 3.8) is 0 Å². The van der Waals surface area contributed by atoms with Crippen LogP contribution in [0.15, 0.2) is 60.9 Å². The van der Waals surface area contributed by atoms with Crippen LogP contribution in [0, 0.1) is 5.92 Å². The Hall–Kier alpha value is -4.64. The van der Waals surface area contributed by atoms with E-state index in [0.717, 1.165) is 32.9 Å². The number of carboxylic acids is 1. The van der Waals surface area contributed by atoms with Gasteiger partial charge in [0.25, 0.3) is 0 Å². The van der Waals surface area contributed by atoms with Gasteiger partial charge in [-0.3, -0.25) is 14.4 Å². The summed E-state index contributed by atoms with van der Waals surface area (Å²) in [5.41, 5.74) is 9.65. The quantitative estimate of drug-likeness (QED) is 0.129. The minimum Gasteiger partial charge on any atom is -0.480 e. The zero-order chi connectivity index (χ0) is 30.4. The zero-order valence-electron chi connectivity index (χ0n) is 23.9. The van der Waals surface area contributed by atoms with Crippen molar-refractivity contribution in [1.82, 2.24) is 25.9 Å². The van der Waals surface area contributed by atoms with Crippen molar-refractivity contribution in [2.75, 3.05) is 0 Å². The Morgan fingerprint density at radius 3 is 1.88 bits per heavy atom. The number of aromatic nitrogens is 2. The number of nitrogens with one attached hydrogen (secondary N) is 5. The van der Waals surface area contributed by atoms with Gasteiger partial charge in [-0.2, -0.15) is 0 Å². The normalized spacial score (nSPS) is 15.0. The average Bonchev–Trinajstić information content (AvgIpc) is 3.58. The fraction of sp³-hybridized carbons (Fsp3) is 0.355. The Bertz CT molecular complexity index is 1580. The smallest absolute Gasteiger partial charge is 0.326 e. The van der Waals surface area contributed by atoms with E-state index in [2.05, 4.69) is 25.9 Å². The maximum Gasteiger partial charge on any atom is 0.326 e. The van der Waals surface area contributed by atoms with Crippen LogP contribution in [0.25, 0.3) is 21.8 Å². The summed E-state index contributed by atoms with van der Waals surface area (Å²) in [4.78, 5) is 57.7. The standard InChI is InChI=1S/C31H38N6O5/c1-4-17(2)27(31(41)42)37-30(40)26(14-20-16-34-25-12-8-6-10-22(20)25)36-28(38)18(3)35-29(39)23(32)13-19-15-33-24-11-7-5-9-21(19)24/h5-12,15-18,23,26-27,33-34H,4,13-14,32H2,1-3H3,(H,35,39)(H,36,38)(H,37,40)(H,41,42). The molecule has 2 aromatic heterocycles. The summed E-state index contributed by atoms with van der Waals surface area (Å²) in [7, 11) is 0. The summed E-state index contributed by atoms with van der Waals surface area (Å²) in [6.07, 6.45) is 4.48. The molecule has 11 heteroatoms. The Labute approximate surface area is 243 Å². The largest absolute Gasteiger partial charge is 0.480 e. The van der Waals surface area contributed by atoms with Crippen LogP contribution in [0.4, 0.5) is 0 Å². The van der Waals surface area contributed by atoms with Gasteiger partial charge in [0.2, 0.25) is 17.7 Å². The van der Waals surface area contributed by atoms with Crippen LogP contribution >= 0.6 is 0 Å². The molecule has 4 rings (SSSR count). The Morgan fingerprint density at radius 2 is 1.33 bits per heavy atom. The summed E-state index contributed by atoms with van der Waals surface area (Å²) < 4.78 is 0. The van der Waals surface area contributed by atoms with E-state index < -0.39 is 47.9 Å². The van der Waals surface area contributed by atoms with Gasteiger partial charge in [0.05, 0.1) is 6.04 Å². The maximum atomic E-state index is 13.4. The van der Waals surface area contributed by atoms with Gasteiger partial charge in [-0.1, -0.05) is 56.7 Å². The van der Waals surface area contributed by atoms with E-state index >= 15 is 0 Å². The first-order chi connectivity index (χ1) is 20.1. The van der Waals surface area contributed by atoms with Crippen molar-refractivity contribution >= 4 is 45.5 Å². The molecule has 42 heavy (non-hydrogen) atoms. The molecular formula is C31H38N6O5. The van der Waals surface area contributed by atoms with E-state index in [1.165, 1.54) is 6.92 Å². The molecule has 0 spiro atoms. The first-order valence-corrected chi connectivity index (χ1v) is 14.1. The van der Waals surface area contributed by atoms with Crippen LogP contribution in [0.2, 0.25) is 0 Å². The maximum absolute atomic E-state index is 13.4. The van der Waals surface area contributed by atoms with Gasteiger partial charge >= 0.3 is 5.97 Å². The molecule has 0 aliphatic carbocycles. The second-order valence-electron chi connectivity index (χ2n) is 10.7. The lowest BCUT2D eigenvalue weighted by Gasteiger charge is -2.25. The number of para-hydroxylation sites is 2. The van der Waals surface area contributed by atoms with Gasteiger partial charge in [-0.05, 0) is 42.5 Å². The minimum absolute atomic E-state index is 0.106. The van der Waals surface area contributed by atoms with E-state index in [-0.39, 0.29) is 18.8 Å². The third-order valence-corrected chi connectivity index (χ3v) is 7.71. The van der Waals surface area contributed by atoms with Gasteiger partial charge in [-0.15, -0.1) is 0 Å². The Kier molecular flexibility index (Phi) is 9.64. The number of benzene rings is 2. The molecule has 0 fully saturated rings. The van der Waals surface area contributed by atoms with Crippen LogP contribution < -0.4 is 21.7 Å². The molecule has 4 aromatic rings. The molecule has 5 unspecified atom stereocenters. The number of carbonyl (C=O) groups excluding carboxylic acids is 3. The molecule has 0 saturated heterocycles. The number of nitrogens with two attached hydrogens (primary N) is 1. The van der Waals surface area contributed by atoms with Crippen molar-refractivity contribution in [3.8, 4) is 0 Å². The zero-order valence-corrected chi connectivity index (χ0v) is 23.9. The molecular weight excluding hydrogens is 536 g/mol. The van der Waals surface area contributed by atoms with Crippen molar-refractivity contribution in [3.05, 3.63) is 72.1 Å². The predicted molar refractivity (Wildman–Crippen MR) is 161 cm³/mol.